The fourth-order valence-corrected chi connectivity index (χ4v) is 3.76. The lowest BCUT2D eigenvalue weighted by Gasteiger charge is -2.16. The van der Waals surface area contributed by atoms with Crippen LogP contribution in [0.5, 0.6) is 0 Å². The normalized spacial score (nSPS) is 12.6. The van der Waals surface area contributed by atoms with Crippen LogP contribution in [0.15, 0.2) is 22.5 Å². The maximum absolute atomic E-state index is 5.15. The Hall–Kier alpha value is -1.13. The number of ether oxygens (including phenoxy) is 1. The second-order valence-corrected chi connectivity index (χ2v) is 7.59. The van der Waals surface area contributed by atoms with E-state index in [9.17, 15) is 0 Å². The van der Waals surface area contributed by atoms with Crippen molar-refractivity contribution in [1.82, 2.24) is 20.4 Å². The van der Waals surface area contributed by atoms with Gasteiger partial charge in [0, 0.05) is 43.4 Å². The van der Waals surface area contributed by atoms with E-state index < -0.39 is 0 Å². The molecule has 0 aromatic carbocycles. The maximum Gasteiger partial charge on any atom is 0.191 e. The Bertz CT molecular complexity index is 699. The van der Waals surface area contributed by atoms with Crippen LogP contribution in [0.3, 0.4) is 0 Å². The van der Waals surface area contributed by atoms with Crippen LogP contribution in [0, 0.1) is 19.8 Å². The van der Waals surface area contributed by atoms with Crippen molar-refractivity contribution in [2.45, 2.75) is 40.3 Å². The maximum atomic E-state index is 5.15. The fourth-order valence-electron chi connectivity index (χ4n) is 2.89. The number of nitrogens with zero attached hydrogens (tertiary/aromatic N) is 3. The molecule has 0 aliphatic heterocycles. The van der Waals surface area contributed by atoms with Crippen molar-refractivity contribution < 1.29 is 4.74 Å². The van der Waals surface area contributed by atoms with E-state index in [4.69, 9.17) is 4.74 Å². The first-order valence-corrected chi connectivity index (χ1v) is 9.91. The van der Waals surface area contributed by atoms with Crippen LogP contribution in [0.4, 0.5) is 0 Å². The Morgan fingerprint density at radius 1 is 1.37 bits per heavy atom. The summed E-state index contributed by atoms with van der Waals surface area (Å²) in [6.07, 6.45) is 1.09. The minimum Gasteiger partial charge on any atom is -0.383 e. The molecule has 0 bridgehead atoms. The molecule has 2 heterocycles. The van der Waals surface area contributed by atoms with Gasteiger partial charge in [0.1, 0.15) is 0 Å². The van der Waals surface area contributed by atoms with E-state index in [1.165, 1.54) is 16.1 Å². The predicted molar refractivity (Wildman–Crippen MR) is 124 cm³/mol. The minimum atomic E-state index is 0. The number of aryl methyl sites for hydroxylation is 1. The highest BCUT2D eigenvalue weighted by Crippen LogP contribution is 2.14. The number of nitrogens with one attached hydrogen (secondary N) is 2. The summed E-state index contributed by atoms with van der Waals surface area (Å²) in [5.41, 5.74) is 3.44. The van der Waals surface area contributed by atoms with Gasteiger partial charge in [0.15, 0.2) is 5.96 Å². The van der Waals surface area contributed by atoms with Gasteiger partial charge < -0.3 is 15.4 Å². The van der Waals surface area contributed by atoms with Gasteiger partial charge in [-0.05, 0) is 37.6 Å². The molecule has 0 saturated heterocycles. The molecular formula is C19H32IN5OS. The molecule has 27 heavy (non-hydrogen) atoms. The molecule has 0 fully saturated rings. The molecule has 2 aromatic rings. The number of halogens is 1. The van der Waals surface area contributed by atoms with E-state index in [2.05, 4.69) is 52.1 Å². The minimum absolute atomic E-state index is 0. The lowest BCUT2D eigenvalue weighted by atomic mass is 10.1. The molecule has 2 N–H and O–H groups in total. The van der Waals surface area contributed by atoms with Gasteiger partial charge >= 0.3 is 0 Å². The molecule has 2 aromatic heterocycles. The molecule has 0 saturated carbocycles. The number of methoxy groups -OCH3 is 1. The van der Waals surface area contributed by atoms with Crippen LogP contribution < -0.4 is 10.6 Å². The van der Waals surface area contributed by atoms with Gasteiger partial charge in [-0.15, -0.1) is 35.3 Å². The Kier molecular flexibility index (Phi) is 10.9. The molecule has 6 nitrogen and oxygen atoms in total. The number of thiophene rings is 1. The van der Waals surface area contributed by atoms with E-state index in [0.29, 0.717) is 19.1 Å². The second-order valence-electron chi connectivity index (χ2n) is 6.56. The SMILES string of the molecule is CN=C(NCc1c(C)nn(CCOC)c1C)NCC(C)Cc1cccs1.I. The van der Waals surface area contributed by atoms with Crippen molar-refractivity contribution >= 4 is 41.3 Å². The highest BCUT2D eigenvalue weighted by Gasteiger charge is 2.12. The summed E-state index contributed by atoms with van der Waals surface area (Å²) in [7, 11) is 3.52. The Labute approximate surface area is 183 Å². The first-order valence-electron chi connectivity index (χ1n) is 9.03. The van der Waals surface area contributed by atoms with E-state index in [1.807, 2.05) is 22.9 Å². The van der Waals surface area contributed by atoms with Crippen molar-refractivity contribution in [1.29, 1.82) is 0 Å². The topological polar surface area (TPSA) is 63.5 Å². The summed E-state index contributed by atoms with van der Waals surface area (Å²) in [5, 5.41) is 13.6. The lowest BCUT2D eigenvalue weighted by Crippen LogP contribution is -2.39. The van der Waals surface area contributed by atoms with Crippen molar-refractivity contribution in [3.8, 4) is 0 Å². The van der Waals surface area contributed by atoms with Crippen molar-refractivity contribution in [2.24, 2.45) is 10.9 Å². The van der Waals surface area contributed by atoms with Gasteiger partial charge in [0.25, 0.3) is 0 Å². The van der Waals surface area contributed by atoms with Crippen molar-refractivity contribution in [3.63, 3.8) is 0 Å². The van der Waals surface area contributed by atoms with Crippen LogP contribution in [0.1, 0.15) is 28.8 Å². The van der Waals surface area contributed by atoms with Crippen LogP contribution in [0.25, 0.3) is 0 Å². The summed E-state index contributed by atoms with van der Waals surface area (Å²) < 4.78 is 7.16. The number of rotatable bonds is 9. The summed E-state index contributed by atoms with van der Waals surface area (Å²) in [6, 6.07) is 4.30. The highest BCUT2D eigenvalue weighted by atomic mass is 127. The third-order valence-electron chi connectivity index (χ3n) is 4.44. The molecule has 152 valence electrons. The molecule has 0 aliphatic rings. The molecule has 0 radical (unpaired) electrons. The number of hydrogen-bond acceptors (Lipinski definition) is 4. The van der Waals surface area contributed by atoms with Gasteiger partial charge in [0.2, 0.25) is 0 Å². The lowest BCUT2D eigenvalue weighted by molar-refractivity contribution is 0.182. The van der Waals surface area contributed by atoms with Crippen LogP contribution in [-0.4, -0.2) is 43.0 Å². The number of guanidine groups is 1. The summed E-state index contributed by atoms with van der Waals surface area (Å²) >= 11 is 1.82. The van der Waals surface area contributed by atoms with E-state index in [0.717, 1.165) is 31.2 Å². The molecule has 1 atom stereocenters. The van der Waals surface area contributed by atoms with Crippen LogP contribution in [0.2, 0.25) is 0 Å². The predicted octanol–water partition coefficient (Wildman–Crippen LogP) is 3.37. The van der Waals surface area contributed by atoms with Crippen LogP contribution in [-0.2, 0) is 24.2 Å². The molecule has 0 amide bonds. The zero-order chi connectivity index (χ0) is 18.9. The summed E-state index contributed by atoms with van der Waals surface area (Å²) in [6.45, 7) is 9.45. The van der Waals surface area contributed by atoms with E-state index >= 15 is 0 Å². The zero-order valence-electron chi connectivity index (χ0n) is 16.9. The first-order chi connectivity index (χ1) is 12.5. The van der Waals surface area contributed by atoms with Crippen molar-refractivity contribution in [2.75, 3.05) is 27.3 Å². The van der Waals surface area contributed by atoms with Crippen LogP contribution >= 0.6 is 35.3 Å². The van der Waals surface area contributed by atoms with Gasteiger partial charge in [-0.3, -0.25) is 9.67 Å². The van der Waals surface area contributed by atoms with E-state index in [1.54, 1.807) is 14.2 Å². The fraction of sp³-hybridized carbons (Fsp3) is 0.579. The third kappa shape index (κ3) is 7.42. The molecule has 0 spiro atoms. The third-order valence-corrected chi connectivity index (χ3v) is 5.34. The molecule has 2 rings (SSSR count). The monoisotopic (exact) mass is 505 g/mol. The average molecular weight is 505 g/mol. The first kappa shape index (κ1) is 23.9. The Morgan fingerprint density at radius 3 is 2.78 bits per heavy atom. The number of aliphatic imine (C=N–C) groups is 1. The summed E-state index contributed by atoms with van der Waals surface area (Å²) in [5.74, 6) is 1.37. The number of hydrogen-bond donors (Lipinski definition) is 2. The average Bonchev–Trinajstić information content (AvgIpc) is 3.22. The standard InChI is InChI=1S/C19H31N5OS.HI/c1-14(11-17-7-6-10-26-17)12-21-19(20-4)22-13-18-15(2)23-24(16(18)3)8-9-25-5;/h6-7,10,14H,8-9,11-13H2,1-5H3,(H2,20,21,22);1H. The molecule has 1 unspecified atom stereocenters. The smallest absolute Gasteiger partial charge is 0.191 e. The molecular weight excluding hydrogens is 473 g/mol. The Balaban J connectivity index is 0.00000364. The van der Waals surface area contributed by atoms with Gasteiger partial charge in [-0.2, -0.15) is 5.10 Å². The van der Waals surface area contributed by atoms with E-state index in [-0.39, 0.29) is 24.0 Å². The van der Waals surface area contributed by atoms with Gasteiger partial charge in [-0.25, -0.2) is 0 Å². The summed E-state index contributed by atoms with van der Waals surface area (Å²) in [4.78, 5) is 5.77. The number of aromatic nitrogens is 2. The van der Waals surface area contributed by atoms with Gasteiger partial charge in [0.05, 0.1) is 18.8 Å². The highest BCUT2D eigenvalue weighted by molar-refractivity contribution is 14.0. The quantitative estimate of drug-likeness (QED) is 0.312. The largest absolute Gasteiger partial charge is 0.383 e. The Morgan fingerprint density at radius 2 is 2.15 bits per heavy atom. The van der Waals surface area contributed by atoms with Crippen molar-refractivity contribution in [3.05, 3.63) is 39.3 Å². The molecule has 8 heteroatoms. The second kappa shape index (κ2) is 12.4. The van der Waals surface area contributed by atoms with Gasteiger partial charge in [-0.1, -0.05) is 13.0 Å². The molecule has 0 aliphatic carbocycles. The zero-order valence-corrected chi connectivity index (χ0v) is 20.1.